The van der Waals surface area contributed by atoms with Crippen LogP contribution in [0.15, 0.2) is 5.38 Å². The molecule has 7 nitrogen and oxygen atoms in total. The zero-order valence-electron chi connectivity index (χ0n) is 11.8. The highest BCUT2D eigenvalue weighted by atomic mass is 32.1. The first-order chi connectivity index (χ1) is 10.3. The Hall–Kier alpha value is -1.06. The minimum absolute atomic E-state index is 0.0815. The molecule has 3 rings (SSSR count). The Morgan fingerprint density at radius 2 is 2.29 bits per heavy atom. The SMILES string of the molecule is O=C(Nc1nc(CN2CCOCC2)cs1)C1COCCN1. The molecule has 8 heteroatoms. The molecule has 0 aliphatic carbocycles. The van der Waals surface area contributed by atoms with Crippen LogP contribution in [0.4, 0.5) is 5.13 Å². The van der Waals surface area contributed by atoms with Crippen molar-refractivity contribution in [3.8, 4) is 0 Å². The average molecular weight is 312 g/mol. The van der Waals surface area contributed by atoms with E-state index >= 15 is 0 Å². The number of amides is 1. The molecule has 2 aliphatic rings. The second-order valence-corrected chi connectivity index (χ2v) is 5.96. The first kappa shape index (κ1) is 14.9. The molecule has 1 atom stereocenters. The number of hydrogen-bond donors (Lipinski definition) is 2. The third-order valence-electron chi connectivity index (χ3n) is 3.51. The van der Waals surface area contributed by atoms with Crippen LogP contribution in [0.2, 0.25) is 0 Å². The molecule has 3 heterocycles. The van der Waals surface area contributed by atoms with E-state index in [-0.39, 0.29) is 11.9 Å². The summed E-state index contributed by atoms with van der Waals surface area (Å²) in [6.07, 6.45) is 0. The molecule has 2 aliphatic heterocycles. The van der Waals surface area contributed by atoms with Gasteiger partial charge in [-0.2, -0.15) is 0 Å². The summed E-state index contributed by atoms with van der Waals surface area (Å²) in [5.41, 5.74) is 0.991. The minimum Gasteiger partial charge on any atom is -0.379 e. The number of rotatable bonds is 4. The van der Waals surface area contributed by atoms with E-state index in [1.54, 1.807) is 0 Å². The molecule has 2 fully saturated rings. The topological polar surface area (TPSA) is 75.7 Å². The number of nitrogens with zero attached hydrogens (tertiary/aromatic N) is 2. The lowest BCUT2D eigenvalue weighted by atomic mass is 10.2. The predicted molar refractivity (Wildman–Crippen MR) is 79.4 cm³/mol. The normalized spacial score (nSPS) is 23.9. The number of carbonyl (C=O) groups excluding carboxylic acids is 1. The van der Waals surface area contributed by atoms with E-state index in [0.717, 1.165) is 38.5 Å². The molecule has 2 saturated heterocycles. The largest absolute Gasteiger partial charge is 0.379 e. The van der Waals surface area contributed by atoms with Crippen LogP contribution in [0.25, 0.3) is 0 Å². The lowest BCUT2D eigenvalue weighted by Gasteiger charge is -2.25. The summed E-state index contributed by atoms with van der Waals surface area (Å²) < 4.78 is 10.6. The van der Waals surface area contributed by atoms with Gasteiger partial charge in [0, 0.05) is 31.6 Å². The molecule has 1 aromatic heterocycles. The summed E-state index contributed by atoms with van der Waals surface area (Å²) in [4.78, 5) is 18.8. The Labute approximate surface area is 127 Å². The van der Waals surface area contributed by atoms with Gasteiger partial charge in [-0.15, -0.1) is 11.3 Å². The number of ether oxygens (including phenoxy) is 2. The Morgan fingerprint density at radius 3 is 3.05 bits per heavy atom. The number of morpholine rings is 2. The Morgan fingerprint density at radius 1 is 1.43 bits per heavy atom. The molecule has 1 unspecified atom stereocenters. The number of carbonyl (C=O) groups is 1. The lowest BCUT2D eigenvalue weighted by molar-refractivity contribution is -0.120. The highest BCUT2D eigenvalue weighted by molar-refractivity contribution is 7.13. The van der Waals surface area contributed by atoms with Crippen molar-refractivity contribution >= 4 is 22.4 Å². The first-order valence-electron chi connectivity index (χ1n) is 7.18. The van der Waals surface area contributed by atoms with Gasteiger partial charge in [-0.05, 0) is 0 Å². The number of nitrogens with one attached hydrogen (secondary N) is 2. The maximum atomic E-state index is 12.1. The van der Waals surface area contributed by atoms with Gasteiger partial charge in [0.25, 0.3) is 0 Å². The van der Waals surface area contributed by atoms with Gasteiger partial charge in [-0.3, -0.25) is 9.69 Å². The second kappa shape index (κ2) is 7.28. The number of thiazole rings is 1. The fourth-order valence-corrected chi connectivity index (χ4v) is 3.06. The number of aromatic nitrogens is 1. The zero-order chi connectivity index (χ0) is 14.5. The van der Waals surface area contributed by atoms with Crippen LogP contribution in [0.1, 0.15) is 5.69 Å². The summed E-state index contributed by atoms with van der Waals surface area (Å²) in [7, 11) is 0. The summed E-state index contributed by atoms with van der Waals surface area (Å²) >= 11 is 1.46. The van der Waals surface area contributed by atoms with Gasteiger partial charge in [0.15, 0.2) is 5.13 Å². The highest BCUT2D eigenvalue weighted by Crippen LogP contribution is 2.17. The van der Waals surface area contributed by atoms with Crippen LogP contribution in [0.3, 0.4) is 0 Å². The van der Waals surface area contributed by atoms with Crippen molar-refractivity contribution in [2.45, 2.75) is 12.6 Å². The van der Waals surface area contributed by atoms with Crippen molar-refractivity contribution in [3.05, 3.63) is 11.1 Å². The van der Waals surface area contributed by atoms with Gasteiger partial charge in [-0.25, -0.2) is 4.98 Å². The molecule has 0 saturated carbocycles. The molecule has 0 aromatic carbocycles. The van der Waals surface area contributed by atoms with Crippen molar-refractivity contribution in [2.75, 3.05) is 51.4 Å². The molecule has 1 aromatic rings. The summed E-state index contributed by atoms with van der Waals surface area (Å²) in [5.74, 6) is -0.0815. The monoisotopic (exact) mass is 312 g/mol. The number of hydrogen-bond acceptors (Lipinski definition) is 7. The fraction of sp³-hybridized carbons (Fsp3) is 0.692. The summed E-state index contributed by atoms with van der Waals surface area (Å²) in [6, 6.07) is -0.287. The molecule has 116 valence electrons. The minimum atomic E-state index is -0.287. The molecule has 2 N–H and O–H groups in total. The van der Waals surface area contributed by atoms with E-state index in [1.165, 1.54) is 11.3 Å². The molecule has 0 bridgehead atoms. The van der Waals surface area contributed by atoms with Crippen LogP contribution in [0, 0.1) is 0 Å². The van der Waals surface area contributed by atoms with Crippen molar-refractivity contribution < 1.29 is 14.3 Å². The van der Waals surface area contributed by atoms with Crippen molar-refractivity contribution in [3.63, 3.8) is 0 Å². The Balaban J connectivity index is 1.50. The van der Waals surface area contributed by atoms with Gasteiger partial charge in [0.2, 0.25) is 5.91 Å². The van der Waals surface area contributed by atoms with Crippen LogP contribution >= 0.6 is 11.3 Å². The highest BCUT2D eigenvalue weighted by Gasteiger charge is 2.22. The Bertz CT molecular complexity index is 470. The molecule has 21 heavy (non-hydrogen) atoms. The molecule has 0 spiro atoms. The maximum Gasteiger partial charge on any atom is 0.245 e. The maximum absolute atomic E-state index is 12.1. The van der Waals surface area contributed by atoms with E-state index < -0.39 is 0 Å². The predicted octanol–water partition coefficient (Wildman–Crippen LogP) is -0.0978. The second-order valence-electron chi connectivity index (χ2n) is 5.10. The van der Waals surface area contributed by atoms with Crippen LogP contribution in [-0.2, 0) is 20.8 Å². The van der Waals surface area contributed by atoms with Gasteiger partial charge in [0.05, 0.1) is 32.1 Å². The van der Waals surface area contributed by atoms with E-state index in [2.05, 4.69) is 20.5 Å². The number of anilines is 1. The third-order valence-corrected chi connectivity index (χ3v) is 4.32. The lowest BCUT2D eigenvalue weighted by Crippen LogP contribution is -2.48. The van der Waals surface area contributed by atoms with Gasteiger partial charge < -0.3 is 20.1 Å². The average Bonchev–Trinajstić information content (AvgIpc) is 2.96. The van der Waals surface area contributed by atoms with E-state index in [0.29, 0.717) is 24.9 Å². The molecular formula is C13H20N4O3S. The van der Waals surface area contributed by atoms with Crippen molar-refractivity contribution in [1.82, 2.24) is 15.2 Å². The Kier molecular flexibility index (Phi) is 5.15. The first-order valence-corrected chi connectivity index (χ1v) is 8.06. The van der Waals surface area contributed by atoms with Crippen molar-refractivity contribution in [1.29, 1.82) is 0 Å². The van der Waals surface area contributed by atoms with Gasteiger partial charge in [0.1, 0.15) is 6.04 Å². The van der Waals surface area contributed by atoms with Gasteiger partial charge >= 0.3 is 0 Å². The molecule has 1 amide bonds. The standard InChI is InChI=1S/C13H20N4O3S/c18-12(11-8-20-4-1-14-11)16-13-15-10(9-21-13)7-17-2-5-19-6-3-17/h9,11,14H,1-8H2,(H,15,16,18). The third kappa shape index (κ3) is 4.21. The van der Waals surface area contributed by atoms with Crippen molar-refractivity contribution in [2.24, 2.45) is 0 Å². The van der Waals surface area contributed by atoms with E-state index in [9.17, 15) is 4.79 Å². The van der Waals surface area contributed by atoms with Crippen LogP contribution in [0.5, 0.6) is 0 Å². The van der Waals surface area contributed by atoms with Gasteiger partial charge in [-0.1, -0.05) is 0 Å². The van der Waals surface area contributed by atoms with Crippen LogP contribution < -0.4 is 10.6 Å². The zero-order valence-corrected chi connectivity index (χ0v) is 12.7. The fourth-order valence-electron chi connectivity index (χ4n) is 2.35. The van der Waals surface area contributed by atoms with E-state index in [4.69, 9.17) is 9.47 Å². The smallest absolute Gasteiger partial charge is 0.245 e. The molecular weight excluding hydrogens is 292 g/mol. The summed E-state index contributed by atoms with van der Waals surface area (Å²) in [5, 5.41) is 8.63. The van der Waals surface area contributed by atoms with Crippen LogP contribution in [-0.4, -0.2) is 67.9 Å². The quantitative estimate of drug-likeness (QED) is 0.809. The van der Waals surface area contributed by atoms with E-state index in [1.807, 2.05) is 5.38 Å². The molecule has 0 radical (unpaired) electrons. The summed E-state index contributed by atoms with van der Waals surface area (Å²) in [6.45, 7) is 6.01.